The van der Waals surface area contributed by atoms with Gasteiger partial charge in [0, 0.05) is 32.2 Å². The molecule has 1 fully saturated rings. The Kier molecular flexibility index (Phi) is 5.04. The van der Waals surface area contributed by atoms with Crippen LogP contribution in [0, 0.1) is 5.82 Å². The van der Waals surface area contributed by atoms with Crippen molar-refractivity contribution in [3.05, 3.63) is 34.1 Å². The molecule has 0 amide bonds. The maximum Gasteiger partial charge on any atom is 0.390 e. The van der Waals surface area contributed by atoms with E-state index in [0.717, 1.165) is 0 Å². The van der Waals surface area contributed by atoms with Crippen LogP contribution in [0.25, 0.3) is 0 Å². The smallest absolute Gasteiger partial charge is 0.314 e. The lowest BCUT2D eigenvalue weighted by Gasteiger charge is -2.35. The Bertz CT molecular complexity index is 458. The molecule has 1 atom stereocenters. The summed E-state index contributed by atoms with van der Waals surface area (Å²) in [5.41, 5.74) is 0.366. The lowest BCUT2D eigenvalue weighted by atomic mass is 10.0. The Morgan fingerprint density at radius 2 is 1.90 bits per heavy atom. The number of nitrogens with zero attached hydrogens (tertiary/aromatic N) is 1. The Morgan fingerprint density at radius 3 is 2.45 bits per heavy atom. The van der Waals surface area contributed by atoms with Gasteiger partial charge in [-0.1, -0.05) is 6.07 Å². The third kappa shape index (κ3) is 4.17. The molecule has 0 unspecified atom stereocenters. The van der Waals surface area contributed by atoms with Crippen LogP contribution in [0.15, 0.2) is 22.7 Å². The standard InChI is InChI=1S/C13H15BrF4N2/c14-10-2-1-9(7-11(10)15)12(8-13(16,17)18)20-5-3-19-4-6-20/h1-2,7,12,19H,3-6,8H2/t12-/m1/s1. The first kappa shape index (κ1) is 15.7. The first-order valence-electron chi connectivity index (χ1n) is 6.33. The van der Waals surface area contributed by atoms with Gasteiger partial charge in [-0.25, -0.2) is 4.39 Å². The molecular formula is C13H15BrF4N2. The third-order valence-electron chi connectivity index (χ3n) is 3.35. The predicted octanol–water partition coefficient (Wildman–Crippen LogP) is 3.49. The Labute approximate surface area is 123 Å². The molecule has 7 heteroatoms. The molecule has 1 aliphatic heterocycles. The lowest BCUT2D eigenvalue weighted by Crippen LogP contribution is -2.46. The number of halogens is 5. The van der Waals surface area contributed by atoms with Crippen molar-refractivity contribution in [2.45, 2.75) is 18.6 Å². The van der Waals surface area contributed by atoms with Crippen LogP contribution in [0.1, 0.15) is 18.0 Å². The quantitative estimate of drug-likeness (QED) is 0.836. The molecule has 0 spiro atoms. The van der Waals surface area contributed by atoms with Crippen molar-refractivity contribution in [3.8, 4) is 0 Å². The molecule has 1 aromatic carbocycles. The third-order valence-corrected chi connectivity index (χ3v) is 3.99. The van der Waals surface area contributed by atoms with Crippen LogP contribution in [0.4, 0.5) is 17.6 Å². The Morgan fingerprint density at radius 1 is 1.25 bits per heavy atom. The van der Waals surface area contributed by atoms with Gasteiger partial charge in [0.2, 0.25) is 0 Å². The maximum absolute atomic E-state index is 13.6. The van der Waals surface area contributed by atoms with Gasteiger partial charge in [0.25, 0.3) is 0 Å². The van der Waals surface area contributed by atoms with Crippen molar-refractivity contribution in [2.24, 2.45) is 0 Å². The second-order valence-electron chi connectivity index (χ2n) is 4.79. The van der Waals surface area contributed by atoms with Gasteiger partial charge >= 0.3 is 6.18 Å². The van der Waals surface area contributed by atoms with Crippen molar-refractivity contribution >= 4 is 15.9 Å². The van der Waals surface area contributed by atoms with Crippen molar-refractivity contribution < 1.29 is 17.6 Å². The van der Waals surface area contributed by atoms with Gasteiger partial charge in [-0.05, 0) is 33.6 Å². The number of hydrogen-bond acceptors (Lipinski definition) is 2. The fourth-order valence-corrected chi connectivity index (χ4v) is 2.64. The van der Waals surface area contributed by atoms with Crippen LogP contribution < -0.4 is 5.32 Å². The van der Waals surface area contributed by atoms with Crippen LogP contribution in [0.5, 0.6) is 0 Å². The number of rotatable bonds is 3. The van der Waals surface area contributed by atoms with E-state index >= 15 is 0 Å². The van der Waals surface area contributed by atoms with Gasteiger partial charge in [-0.3, -0.25) is 4.90 Å². The van der Waals surface area contributed by atoms with E-state index in [1.807, 2.05) is 0 Å². The van der Waals surface area contributed by atoms with Gasteiger partial charge in [-0.15, -0.1) is 0 Å². The second-order valence-corrected chi connectivity index (χ2v) is 5.65. The van der Waals surface area contributed by atoms with Crippen molar-refractivity contribution in [1.29, 1.82) is 0 Å². The number of hydrogen-bond donors (Lipinski definition) is 1. The molecule has 0 aliphatic carbocycles. The van der Waals surface area contributed by atoms with Crippen molar-refractivity contribution in [2.75, 3.05) is 26.2 Å². The monoisotopic (exact) mass is 354 g/mol. The fourth-order valence-electron chi connectivity index (χ4n) is 2.39. The molecule has 2 nitrogen and oxygen atoms in total. The molecule has 1 N–H and O–H groups in total. The summed E-state index contributed by atoms with van der Waals surface area (Å²) in [6.07, 6.45) is -5.24. The highest BCUT2D eigenvalue weighted by Gasteiger charge is 2.36. The average Bonchev–Trinajstić information content (AvgIpc) is 2.39. The molecule has 0 saturated carbocycles. The number of piperazine rings is 1. The summed E-state index contributed by atoms with van der Waals surface area (Å²) >= 11 is 3.02. The molecule has 2 rings (SSSR count). The largest absolute Gasteiger partial charge is 0.390 e. The van der Waals surface area contributed by atoms with E-state index in [2.05, 4.69) is 21.2 Å². The normalized spacial score (nSPS) is 19.1. The van der Waals surface area contributed by atoms with E-state index in [4.69, 9.17) is 0 Å². The Hall–Kier alpha value is -0.660. The summed E-state index contributed by atoms with van der Waals surface area (Å²) in [5, 5.41) is 3.10. The molecule has 1 aromatic rings. The first-order chi connectivity index (χ1) is 9.37. The molecule has 1 heterocycles. The summed E-state index contributed by atoms with van der Waals surface area (Å²) in [7, 11) is 0. The predicted molar refractivity (Wildman–Crippen MR) is 72.0 cm³/mol. The van der Waals surface area contributed by atoms with E-state index in [0.29, 0.717) is 31.7 Å². The number of alkyl halides is 3. The zero-order chi connectivity index (χ0) is 14.8. The minimum absolute atomic E-state index is 0.257. The first-order valence-corrected chi connectivity index (χ1v) is 7.12. The molecule has 1 aliphatic rings. The molecule has 1 saturated heterocycles. The highest BCUT2D eigenvalue weighted by Crippen LogP contribution is 2.35. The summed E-state index contributed by atoms with van der Waals surface area (Å²) in [4.78, 5) is 1.76. The summed E-state index contributed by atoms with van der Waals surface area (Å²) in [6, 6.07) is 3.35. The zero-order valence-corrected chi connectivity index (χ0v) is 12.3. The summed E-state index contributed by atoms with van der Waals surface area (Å²) in [5.74, 6) is -0.537. The van der Waals surface area contributed by atoms with E-state index in [9.17, 15) is 17.6 Å². The van der Waals surface area contributed by atoms with E-state index in [1.54, 1.807) is 11.0 Å². The van der Waals surface area contributed by atoms with Gasteiger partial charge in [0.15, 0.2) is 0 Å². The minimum Gasteiger partial charge on any atom is -0.314 e. The SMILES string of the molecule is Fc1cc([C@@H](CC(F)(F)F)N2CCNCC2)ccc1Br. The Balaban J connectivity index is 2.26. The van der Waals surface area contributed by atoms with Crippen LogP contribution in [-0.4, -0.2) is 37.3 Å². The van der Waals surface area contributed by atoms with Crippen LogP contribution in [0.3, 0.4) is 0 Å². The number of nitrogens with one attached hydrogen (secondary N) is 1. The maximum atomic E-state index is 13.6. The van der Waals surface area contributed by atoms with Crippen LogP contribution >= 0.6 is 15.9 Å². The topological polar surface area (TPSA) is 15.3 Å². The highest BCUT2D eigenvalue weighted by atomic mass is 79.9. The molecule has 0 bridgehead atoms. The average molecular weight is 355 g/mol. The molecule has 112 valence electrons. The highest BCUT2D eigenvalue weighted by molar-refractivity contribution is 9.10. The minimum atomic E-state index is -4.28. The summed E-state index contributed by atoms with van der Waals surface area (Å²) < 4.78 is 52.2. The van der Waals surface area contributed by atoms with Crippen molar-refractivity contribution in [1.82, 2.24) is 10.2 Å². The number of benzene rings is 1. The van der Waals surface area contributed by atoms with Gasteiger partial charge in [-0.2, -0.15) is 13.2 Å². The summed E-state index contributed by atoms with van der Waals surface area (Å²) in [6.45, 7) is 2.34. The molecule has 20 heavy (non-hydrogen) atoms. The lowest BCUT2D eigenvalue weighted by molar-refractivity contribution is -0.148. The van der Waals surface area contributed by atoms with Crippen molar-refractivity contribution in [3.63, 3.8) is 0 Å². The fraction of sp³-hybridized carbons (Fsp3) is 0.538. The van der Waals surface area contributed by atoms with Crippen LogP contribution in [0.2, 0.25) is 0 Å². The van der Waals surface area contributed by atoms with E-state index < -0.39 is 24.5 Å². The van der Waals surface area contributed by atoms with E-state index in [-0.39, 0.29) is 4.47 Å². The molecule has 0 aromatic heterocycles. The van der Waals surface area contributed by atoms with Gasteiger partial charge < -0.3 is 5.32 Å². The zero-order valence-electron chi connectivity index (χ0n) is 10.7. The van der Waals surface area contributed by atoms with Gasteiger partial charge in [0.1, 0.15) is 5.82 Å². The van der Waals surface area contributed by atoms with E-state index in [1.165, 1.54) is 12.1 Å². The second kappa shape index (κ2) is 6.41. The van der Waals surface area contributed by atoms with Gasteiger partial charge in [0.05, 0.1) is 10.9 Å². The molecular weight excluding hydrogens is 340 g/mol. The van der Waals surface area contributed by atoms with Crippen LogP contribution in [-0.2, 0) is 0 Å². The molecule has 0 radical (unpaired) electrons.